The van der Waals surface area contributed by atoms with Crippen LogP contribution in [0, 0.1) is 5.82 Å². The number of carbonyl (C=O) groups is 1. The zero-order valence-electron chi connectivity index (χ0n) is 15.6. The van der Waals surface area contributed by atoms with Crippen LogP contribution in [0.1, 0.15) is 26.0 Å². The first-order valence-corrected chi connectivity index (χ1v) is 8.76. The Hall–Kier alpha value is -3.25. The van der Waals surface area contributed by atoms with E-state index in [1.54, 1.807) is 13.8 Å². The summed E-state index contributed by atoms with van der Waals surface area (Å²) >= 11 is 0. The predicted molar refractivity (Wildman–Crippen MR) is 93.5 cm³/mol. The number of hydrogen-bond donors (Lipinski definition) is 1. The lowest BCUT2D eigenvalue weighted by molar-refractivity contribution is -0.134. The highest BCUT2D eigenvalue weighted by Gasteiger charge is 2.42. The topological polar surface area (TPSA) is 98.5 Å². The number of nitrogens with one attached hydrogen (secondary N) is 1. The molecular formula is C17H14F5N7O. The van der Waals surface area contributed by atoms with Crippen LogP contribution in [0.4, 0.5) is 27.8 Å². The average Bonchev–Trinajstić information content (AvgIpc) is 3.14. The molecule has 8 nitrogen and oxygen atoms in total. The molecule has 3 aromatic rings. The van der Waals surface area contributed by atoms with Crippen LogP contribution in [-0.2, 0) is 16.8 Å². The molecule has 0 fully saturated rings. The van der Waals surface area contributed by atoms with Crippen molar-refractivity contribution in [1.29, 1.82) is 0 Å². The van der Waals surface area contributed by atoms with Gasteiger partial charge in [-0.25, -0.2) is 36.6 Å². The van der Waals surface area contributed by atoms with E-state index in [0.29, 0.717) is 5.69 Å². The second kappa shape index (κ2) is 6.64. The molecule has 1 N–H and O–H groups in total. The fourth-order valence-electron chi connectivity index (χ4n) is 3.02. The van der Waals surface area contributed by atoms with Gasteiger partial charge in [-0.1, -0.05) is 0 Å². The third-order valence-electron chi connectivity index (χ3n) is 4.82. The van der Waals surface area contributed by atoms with Gasteiger partial charge in [-0.3, -0.25) is 4.79 Å². The van der Waals surface area contributed by atoms with Crippen molar-refractivity contribution in [3.8, 4) is 11.5 Å². The SMILES string of the molecule is CC1(C)C(=O)Nc2nc(-c3nn(CCC(F)(F)C(F)F)c4ncc(F)cc34)nnc21. The van der Waals surface area contributed by atoms with E-state index in [9.17, 15) is 26.7 Å². The van der Waals surface area contributed by atoms with Crippen LogP contribution in [0.5, 0.6) is 0 Å². The maximum atomic E-state index is 13.8. The number of alkyl halides is 4. The second-order valence-electron chi connectivity index (χ2n) is 7.32. The van der Waals surface area contributed by atoms with Gasteiger partial charge in [0.1, 0.15) is 17.2 Å². The van der Waals surface area contributed by atoms with Crippen LogP contribution in [0.25, 0.3) is 22.6 Å². The van der Waals surface area contributed by atoms with Gasteiger partial charge in [0.05, 0.1) is 17.0 Å². The Morgan fingerprint density at radius 1 is 1.27 bits per heavy atom. The number of hydrogen-bond acceptors (Lipinski definition) is 6. The number of aromatic nitrogens is 6. The molecule has 0 saturated heterocycles. The minimum atomic E-state index is -4.22. The summed E-state index contributed by atoms with van der Waals surface area (Å²) in [4.78, 5) is 20.1. The molecule has 1 aliphatic rings. The molecule has 0 aliphatic carbocycles. The first kappa shape index (κ1) is 20.0. The van der Waals surface area contributed by atoms with E-state index in [0.717, 1.165) is 16.9 Å². The number of anilines is 1. The quantitative estimate of drug-likeness (QED) is 0.629. The summed E-state index contributed by atoms with van der Waals surface area (Å²) in [5.74, 6) is -5.26. The molecule has 0 bridgehead atoms. The number of aryl methyl sites for hydroxylation is 1. The number of nitrogens with zero attached hydrogens (tertiary/aromatic N) is 6. The molecule has 158 valence electrons. The van der Waals surface area contributed by atoms with Gasteiger partial charge in [-0.2, -0.15) is 5.10 Å². The molecule has 0 radical (unpaired) electrons. The van der Waals surface area contributed by atoms with E-state index in [1.165, 1.54) is 0 Å². The summed E-state index contributed by atoms with van der Waals surface area (Å²) in [5.41, 5.74) is -0.693. The standard InChI is InChI=1S/C17H14F5N7O/c1-16(2)10-12(25-15(16)30)24-11(27-26-10)9-8-5-7(18)6-23-13(8)29(28-9)4-3-17(21,22)14(19)20/h5-6,14H,3-4H2,1-2H3,(H,24,25,27,30). The van der Waals surface area contributed by atoms with Gasteiger partial charge >= 0.3 is 12.3 Å². The largest absolute Gasteiger partial charge is 0.309 e. The van der Waals surface area contributed by atoms with Crippen molar-refractivity contribution in [2.45, 2.75) is 44.6 Å². The molecule has 1 aliphatic heterocycles. The van der Waals surface area contributed by atoms with Gasteiger partial charge < -0.3 is 5.32 Å². The van der Waals surface area contributed by atoms with E-state index in [2.05, 4.69) is 30.6 Å². The van der Waals surface area contributed by atoms with Crippen molar-refractivity contribution in [2.24, 2.45) is 0 Å². The molecule has 13 heteroatoms. The van der Waals surface area contributed by atoms with E-state index in [4.69, 9.17) is 0 Å². The molecule has 4 heterocycles. The number of halogens is 5. The molecule has 3 aromatic heterocycles. The van der Waals surface area contributed by atoms with Crippen molar-refractivity contribution in [3.05, 3.63) is 23.8 Å². The Labute approximate surface area is 165 Å². The third-order valence-corrected chi connectivity index (χ3v) is 4.82. The maximum absolute atomic E-state index is 13.8. The van der Waals surface area contributed by atoms with Gasteiger partial charge in [-0.05, 0) is 19.9 Å². The Kier molecular flexibility index (Phi) is 4.43. The van der Waals surface area contributed by atoms with E-state index < -0.39 is 36.5 Å². The first-order chi connectivity index (χ1) is 14.0. The van der Waals surface area contributed by atoms with E-state index in [-0.39, 0.29) is 34.3 Å². The Morgan fingerprint density at radius 2 is 2.00 bits per heavy atom. The average molecular weight is 427 g/mol. The van der Waals surface area contributed by atoms with E-state index >= 15 is 0 Å². The smallest absolute Gasteiger partial charge is 0.308 e. The number of rotatable bonds is 5. The Balaban J connectivity index is 1.78. The van der Waals surface area contributed by atoms with Crippen molar-refractivity contribution in [2.75, 3.05) is 5.32 Å². The summed E-state index contributed by atoms with van der Waals surface area (Å²) in [6, 6.07) is 1.05. The molecule has 0 aromatic carbocycles. The number of carbonyl (C=O) groups excluding carboxylic acids is 1. The minimum Gasteiger partial charge on any atom is -0.308 e. The van der Waals surface area contributed by atoms with Gasteiger partial charge in [-0.15, -0.1) is 10.2 Å². The van der Waals surface area contributed by atoms with Crippen molar-refractivity contribution in [3.63, 3.8) is 0 Å². The zero-order valence-corrected chi connectivity index (χ0v) is 15.6. The summed E-state index contributed by atoms with van der Waals surface area (Å²) in [6.45, 7) is 2.67. The number of pyridine rings is 1. The Morgan fingerprint density at radius 3 is 2.70 bits per heavy atom. The van der Waals surface area contributed by atoms with Crippen LogP contribution in [0.3, 0.4) is 0 Å². The van der Waals surface area contributed by atoms with Gasteiger partial charge in [0.15, 0.2) is 11.5 Å². The lowest BCUT2D eigenvalue weighted by Crippen LogP contribution is -2.28. The molecular weight excluding hydrogens is 413 g/mol. The molecule has 1 amide bonds. The lowest BCUT2D eigenvalue weighted by atomic mass is 9.91. The van der Waals surface area contributed by atoms with Crippen LogP contribution < -0.4 is 5.32 Å². The van der Waals surface area contributed by atoms with Crippen molar-refractivity contribution in [1.82, 2.24) is 29.9 Å². The monoisotopic (exact) mass is 427 g/mol. The third kappa shape index (κ3) is 3.13. The highest BCUT2D eigenvalue weighted by atomic mass is 19.3. The Bertz CT molecular complexity index is 1160. The molecule has 4 rings (SSSR count). The fraction of sp³-hybridized carbons (Fsp3) is 0.412. The summed E-state index contributed by atoms with van der Waals surface area (Å²) < 4.78 is 66.3. The highest BCUT2D eigenvalue weighted by Crippen LogP contribution is 2.35. The highest BCUT2D eigenvalue weighted by molar-refractivity contribution is 6.04. The summed E-state index contributed by atoms with van der Waals surface area (Å²) in [5, 5.41) is 14.7. The number of amides is 1. The van der Waals surface area contributed by atoms with Gasteiger partial charge in [0.25, 0.3) is 0 Å². The summed E-state index contributed by atoms with van der Waals surface area (Å²) in [7, 11) is 0. The molecule has 0 unspecified atom stereocenters. The second-order valence-corrected chi connectivity index (χ2v) is 7.32. The minimum absolute atomic E-state index is 0.00932. The molecule has 0 atom stereocenters. The van der Waals surface area contributed by atoms with Crippen LogP contribution in [-0.4, -0.2) is 48.2 Å². The van der Waals surface area contributed by atoms with Gasteiger partial charge in [0, 0.05) is 13.0 Å². The molecule has 30 heavy (non-hydrogen) atoms. The van der Waals surface area contributed by atoms with Crippen LogP contribution in [0.15, 0.2) is 12.3 Å². The maximum Gasteiger partial charge on any atom is 0.309 e. The lowest BCUT2D eigenvalue weighted by Gasteiger charge is -2.14. The molecule has 0 saturated carbocycles. The normalized spacial score (nSPS) is 15.7. The number of fused-ring (bicyclic) bond motifs is 2. The zero-order chi connectivity index (χ0) is 21.8. The predicted octanol–water partition coefficient (Wildman–Crippen LogP) is 2.94. The first-order valence-electron chi connectivity index (χ1n) is 8.76. The van der Waals surface area contributed by atoms with E-state index in [1.807, 2.05) is 0 Å². The van der Waals surface area contributed by atoms with Gasteiger partial charge in [0.2, 0.25) is 11.7 Å². The van der Waals surface area contributed by atoms with Crippen molar-refractivity contribution >= 4 is 22.8 Å². The molecule has 0 spiro atoms. The van der Waals surface area contributed by atoms with Crippen LogP contribution >= 0.6 is 0 Å². The van der Waals surface area contributed by atoms with Crippen molar-refractivity contribution < 1.29 is 26.7 Å². The fourth-order valence-corrected chi connectivity index (χ4v) is 3.02. The van der Waals surface area contributed by atoms with Crippen LogP contribution in [0.2, 0.25) is 0 Å². The summed E-state index contributed by atoms with van der Waals surface area (Å²) in [6.07, 6.45) is -4.19.